The number of rotatable bonds is 9. The molecule has 4 nitrogen and oxygen atoms in total. The zero-order chi connectivity index (χ0) is 23.9. The molecule has 4 rings (SSSR count). The van der Waals surface area contributed by atoms with Crippen molar-refractivity contribution in [3.8, 4) is 0 Å². The topological polar surface area (TPSA) is 42.2 Å². The quantitative estimate of drug-likeness (QED) is 0.334. The number of aromatic nitrogens is 2. The molecule has 1 heterocycles. The molecule has 0 aliphatic heterocycles. The molecule has 0 radical (unpaired) electrons. The molecular weight excluding hydrogens is 416 g/mol. The average molecular weight is 455 g/mol. The van der Waals surface area contributed by atoms with Crippen LogP contribution in [0.4, 0.5) is 17.1 Å². The lowest BCUT2D eigenvalue weighted by Crippen LogP contribution is -2.07. The van der Waals surface area contributed by atoms with Crippen molar-refractivity contribution in [2.45, 2.75) is 65.2 Å². The highest BCUT2D eigenvalue weighted by molar-refractivity contribution is 6.09. The minimum atomic E-state index is 0.825. The van der Waals surface area contributed by atoms with Crippen molar-refractivity contribution in [2.24, 2.45) is 18.0 Å². The van der Waals surface area contributed by atoms with Gasteiger partial charge in [-0.2, -0.15) is 5.10 Å². The van der Waals surface area contributed by atoms with E-state index >= 15 is 0 Å². The van der Waals surface area contributed by atoms with Crippen molar-refractivity contribution in [1.82, 2.24) is 9.78 Å². The molecule has 178 valence electrons. The summed E-state index contributed by atoms with van der Waals surface area (Å²) >= 11 is 0. The number of aliphatic imine (C=N–C) groups is 1. The summed E-state index contributed by atoms with van der Waals surface area (Å²) in [5.74, 6) is 0.909. The first-order valence-electron chi connectivity index (χ1n) is 12.7. The Morgan fingerprint density at radius 2 is 1.91 bits per heavy atom. The lowest BCUT2D eigenvalue weighted by atomic mass is 9.85. The lowest BCUT2D eigenvalue weighted by molar-refractivity contribution is 0.339. The number of allylic oxidation sites excluding steroid dienone is 1. The van der Waals surface area contributed by atoms with Crippen LogP contribution in [0, 0.1) is 12.8 Å². The summed E-state index contributed by atoms with van der Waals surface area (Å²) in [5, 5.41) is 7.92. The molecule has 2 aromatic carbocycles. The van der Waals surface area contributed by atoms with E-state index in [2.05, 4.69) is 67.2 Å². The zero-order valence-corrected chi connectivity index (χ0v) is 21.0. The van der Waals surface area contributed by atoms with Gasteiger partial charge in [0.25, 0.3) is 0 Å². The Hall–Kier alpha value is -3.14. The van der Waals surface area contributed by atoms with Crippen molar-refractivity contribution in [1.29, 1.82) is 0 Å². The summed E-state index contributed by atoms with van der Waals surface area (Å²) in [6.07, 6.45) is 16.2. The van der Waals surface area contributed by atoms with E-state index in [0.29, 0.717) is 0 Å². The summed E-state index contributed by atoms with van der Waals surface area (Å²) in [6, 6.07) is 13.4. The first-order valence-corrected chi connectivity index (χ1v) is 12.7. The maximum Gasteiger partial charge on any atom is 0.0735 e. The second kappa shape index (κ2) is 11.3. The number of hydrogen-bond donors (Lipinski definition) is 1. The fraction of sp³-hybridized carbons (Fsp3) is 0.400. The first kappa shape index (κ1) is 24.0. The van der Waals surface area contributed by atoms with Gasteiger partial charge in [0.05, 0.1) is 17.6 Å². The van der Waals surface area contributed by atoms with Crippen LogP contribution in [0.3, 0.4) is 0 Å². The molecule has 1 saturated carbocycles. The van der Waals surface area contributed by atoms with E-state index in [-0.39, 0.29) is 0 Å². The molecule has 0 atom stereocenters. The summed E-state index contributed by atoms with van der Waals surface area (Å²) in [5.41, 5.74) is 8.90. The van der Waals surface area contributed by atoms with Gasteiger partial charge >= 0.3 is 0 Å². The SMILES string of the molecule is C=C/C(=N\c1cc(Nc2cc(CC)cc(CCC3CCCCC3)c2)ccc1C)c1cnn(C)c1. The monoisotopic (exact) mass is 454 g/mol. The van der Waals surface area contributed by atoms with Crippen LogP contribution in [0.5, 0.6) is 0 Å². The Morgan fingerprint density at radius 1 is 1.12 bits per heavy atom. The van der Waals surface area contributed by atoms with Gasteiger partial charge in [0, 0.05) is 30.2 Å². The molecule has 0 unspecified atom stereocenters. The van der Waals surface area contributed by atoms with E-state index in [4.69, 9.17) is 4.99 Å². The summed E-state index contributed by atoms with van der Waals surface area (Å²) in [7, 11) is 1.91. The molecule has 0 amide bonds. The van der Waals surface area contributed by atoms with Crippen LogP contribution in [0.25, 0.3) is 0 Å². The van der Waals surface area contributed by atoms with E-state index in [9.17, 15) is 0 Å². The molecule has 1 N–H and O–H groups in total. The molecule has 3 aromatic rings. The van der Waals surface area contributed by atoms with Crippen LogP contribution >= 0.6 is 0 Å². The van der Waals surface area contributed by atoms with E-state index < -0.39 is 0 Å². The fourth-order valence-corrected chi connectivity index (χ4v) is 4.92. The van der Waals surface area contributed by atoms with E-state index in [0.717, 1.165) is 46.2 Å². The maximum atomic E-state index is 4.90. The number of benzene rings is 2. The third kappa shape index (κ3) is 6.25. The van der Waals surface area contributed by atoms with Crippen LogP contribution in [0.15, 0.2) is 66.4 Å². The Bertz CT molecular complexity index is 1150. The third-order valence-corrected chi connectivity index (χ3v) is 6.96. The van der Waals surface area contributed by atoms with Gasteiger partial charge in [-0.15, -0.1) is 0 Å². The fourth-order valence-electron chi connectivity index (χ4n) is 4.92. The van der Waals surface area contributed by atoms with Gasteiger partial charge in [-0.3, -0.25) is 4.68 Å². The summed E-state index contributed by atoms with van der Waals surface area (Å²) < 4.78 is 1.78. The van der Waals surface area contributed by atoms with Gasteiger partial charge < -0.3 is 5.32 Å². The molecule has 1 aromatic heterocycles. The molecule has 1 fully saturated rings. The first-order chi connectivity index (χ1) is 16.5. The molecule has 4 heteroatoms. The zero-order valence-electron chi connectivity index (χ0n) is 21.0. The lowest BCUT2D eigenvalue weighted by Gasteiger charge is -2.21. The average Bonchev–Trinajstić information content (AvgIpc) is 3.29. The van der Waals surface area contributed by atoms with Crippen LogP contribution in [0.1, 0.15) is 67.7 Å². The second-order valence-corrected chi connectivity index (χ2v) is 9.66. The summed E-state index contributed by atoms with van der Waals surface area (Å²) in [4.78, 5) is 4.90. The molecule has 0 saturated heterocycles. The number of hydrogen-bond acceptors (Lipinski definition) is 3. The molecular formula is C30H38N4. The van der Waals surface area contributed by atoms with Gasteiger partial charge in [0.1, 0.15) is 0 Å². The number of nitrogens with one attached hydrogen (secondary N) is 1. The molecule has 0 bridgehead atoms. The minimum Gasteiger partial charge on any atom is -0.355 e. The van der Waals surface area contributed by atoms with Crippen LogP contribution in [-0.4, -0.2) is 15.5 Å². The van der Waals surface area contributed by atoms with Crippen molar-refractivity contribution in [3.05, 3.63) is 83.7 Å². The molecule has 1 aliphatic carbocycles. The van der Waals surface area contributed by atoms with Gasteiger partial charge in [-0.25, -0.2) is 4.99 Å². The van der Waals surface area contributed by atoms with Crippen molar-refractivity contribution < 1.29 is 0 Å². The smallest absolute Gasteiger partial charge is 0.0735 e. The predicted molar refractivity (Wildman–Crippen MR) is 145 cm³/mol. The highest BCUT2D eigenvalue weighted by atomic mass is 15.2. The number of nitrogens with zero attached hydrogens (tertiary/aromatic N) is 3. The van der Waals surface area contributed by atoms with Crippen molar-refractivity contribution >= 4 is 22.8 Å². The van der Waals surface area contributed by atoms with Gasteiger partial charge in [0.15, 0.2) is 0 Å². The third-order valence-electron chi connectivity index (χ3n) is 6.96. The van der Waals surface area contributed by atoms with Gasteiger partial charge in [0.2, 0.25) is 0 Å². The Morgan fingerprint density at radius 3 is 2.62 bits per heavy atom. The minimum absolute atomic E-state index is 0.825. The standard InChI is InChI=1S/C30H38N4/c1-5-23-16-25(14-13-24-10-8-7-9-11-24)18-28(17-23)32-27-15-12-22(3)30(19-27)33-29(6-2)26-20-31-34(4)21-26/h6,12,15-21,24,32H,2,5,7-11,13-14H2,1,3-4H3/b33-29+. The predicted octanol–water partition coefficient (Wildman–Crippen LogP) is 7.85. The van der Waals surface area contributed by atoms with Crippen LogP contribution < -0.4 is 5.32 Å². The molecule has 0 spiro atoms. The van der Waals surface area contributed by atoms with E-state index in [1.54, 1.807) is 10.8 Å². The normalized spacial score (nSPS) is 14.9. The Balaban J connectivity index is 1.53. The van der Waals surface area contributed by atoms with Crippen molar-refractivity contribution in [3.63, 3.8) is 0 Å². The van der Waals surface area contributed by atoms with Gasteiger partial charge in [-0.05, 0) is 79.1 Å². The molecule has 1 aliphatic rings. The Labute approximate surface area is 204 Å². The largest absolute Gasteiger partial charge is 0.355 e. The second-order valence-electron chi connectivity index (χ2n) is 9.66. The van der Waals surface area contributed by atoms with E-state index in [1.165, 1.54) is 56.1 Å². The van der Waals surface area contributed by atoms with Crippen LogP contribution in [-0.2, 0) is 19.9 Å². The maximum absolute atomic E-state index is 4.90. The Kier molecular flexibility index (Phi) is 7.99. The number of anilines is 2. The highest BCUT2D eigenvalue weighted by Gasteiger charge is 2.13. The van der Waals surface area contributed by atoms with E-state index in [1.807, 2.05) is 19.4 Å². The van der Waals surface area contributed by atoms with Crippen molar-refractivity contribution in [2.75, 3.05) is 5.32 Å². The highest BCUT2D eigenvalue weighted by Crippen LogP contribution is 2.30. The van der Waals surface area contributed by atoms with Crippen LogP contribution in [0.2, 0.25) is 0 Å². The summed E-state index contributed by atoms with van der Waals surface area (Å²) in [6.45, 7) is 8.28. The molecule has 34 heavy (non-hydrogen) atoms. The number of aryl methyl sites for hydroxylation is 4. The van der Waals surface area contributed by atoms with Gasteiger partial charge in [-0.1, -0.05) is 57.7 Å².